The molecule has 124 valence electrons. The van der Waals surface area contributed by atoms with Crippen molar-refractivity contribution in [3.63, 3.8) is 0 Å². The maximum absolute atomic E-state index is 4.77. The van der Waals surface area contributed by atoms with E-state index in [-0.39, 0.29) is 0 Å². The Labute approximate surface area is 140 Å². The summed E-state index contributed by atoms with van der Waals surface area (Å²) in [7, 11) is 1.92. The Morgan fingerprint density at radius 2 is 2.17 bits per heavy atom. The van der Waals surface area contributed by atoms with Crippen molar-refractivity contribution in [1.82, 2.24) is 34.5 Å². The molecule has 0 saturated heterocycles. The van der Waals surface area contributed by atoms with Gasteiger partial charge in [0, 0.05) is 32.4 Å². The summed E-state index contributed by atoms with van der Waals surface area (Å²) >= 11 is 0. The predicted molar refractivity (Wildman–Crippen MR) is 89.0 cm³/mol. The van der Waals surface area contributed by atoms with Crippen molar-refractivity contribution in [3.8, 4) is 11.5 Å². The summed E-state index contributed by atoms with van der Waals surface area (Å²) in [5, 5.41) is 8.98. The summed E-state index contributed by atoms with van der Waals surface area (Å²) in [4.78, 5) is 13.1. The molecule has 0 aromatic carbocycles. The molecular formula is C17H21N7. The van der Waals surface area contributed by atoms with Crippen LogP contribution in [0.25, 0.3) is 11.5 Å². The molecule has 0 aliphatic heterocycles. The summed E-state index contributed by atoms with van der Waals surface area (Å²) in [5.74, 6) is 1.63. The molecule has 7 nitrogen and oxygen atoms in total. The molecule has 0 unspecified atom stereocenters. The predicted octanol–water partition coefficient (Wildman–Crippen LogP) is 2.25. The van der Waals surface area contributed by atoms with Gasteiger partial charge in [-0.3, -0.25) is 4.68 Å². The van der Waals surface area contributed by atoms with Crippen LogP contribution in [-0.2, 0) is 20.0 Å². The zero-order valence-electron chi connectivity index (χ0n) is 14.1. The van der Waals surface area contributed by atoms with Gasteiger partial charge < -0.3 is 0 Å². The molecule has 1 aliphatic carbocycles. The fraction of sp³-hybridized carbons (Fsp3) is 0.471. The highest BCUT2D eigenvalue weighted by Gasteiger charge is 2.33. The van der Waals surface area contributed by atoms with E-state index in [1.807, 2.05) is 30.2 Å². The van der Waals surface area contributed by atoms with Gasteiger partial charge in [0.05, 0.1) is 6.20 Å². The minimum Gasteiger partial charge on any atom is -0.276 e. The van der Waals surface area contributed by atoms with Gasteiger partial charge in [0.1, 0.15) is 12.0 Å². The van der Waals surface area contributed by atoms with E-state index in [1.54, 1.807) is 17.2 Å². The lowest BCUT2D eigenvalue weighted by atomic mass is 9.70. The molecule has 1 aliphatic rings. The molecule has 4 rings (SSSR count). The molecule has 0 radical (unpaired) electrons. The monoisotopic (exact) mass is 323 g/mol. The summed E-state index contributed by atoms with van der Waals surface area (Å²) in [6, 6.07) is 1.89. The minimum absolute atomic E-state index is 0.320. The van der Waals surface area contributed by atoms with Crippen LogP contribution in [0.15, 0.2) is 31.0 Å². The quantitative estimate of drug-likeness (QED) is 0.720. The molecule has 3 aromatic heterocycles. The van der Waals surface area contributed by atoms with E-state index in [0.29, 0.717) is 11.8 Å². The van der Waals surface area contributed by atoms with Gasteiger partial charge >= 0.3 is 0 Å². The molecule has 0 N–H and O–H groups in total. The fourth-order valence-electron chi connectivity index (χ4n) is 3.23. The van der Waals surface area contributed by atoms with Gasteiger partial charge in [0.25, 0.3) is 0 Å². The highest BCUT2D eigenvalue weighted by Crippen LogP contribution is 2.42. The van der Waals surface area contributed by atoms with E-state index in [1.165, 1.54) is 19.3 Å². The minimum atomic E-state index is 0.320. The standard InChI is InChI=1S/C17H21N7/c1-17(5-3-6-17)11-24-16(14-4-7-18-12-19-14)21-15(22-24)8-13-9-20-23(2)10-13/h4,7,9-10,12H,3,5-6,8,11H2,1-2H3. The Morgan fingerprint density at radius 3 is 2.79 bits per heavy atom. The second-order valence-electron chi connectivity index (χ2n) is 6.97. The lowest BCUT2D eigenvalue weighted by Gasteiger charge is -2.38. The number of nitrogens with zero attached hydrogens (tertiary/aromatic N) is 7. The van der Waals surface area contributed by atoms with Crippen LogP contribution in [0.2, 0.25) is 0 Å². The van der Waals surface area contributed by atoms with Crippen LogP contribution in [0.4, 0.5) is 0 Å². The van der Waals surface area contributed by atoms with Crippen LogP contribution in [0.1, 0.15) is 37.6 Å². The second-order valence-corrected chi connectivity index (χ2v) is 6.97. The zero-order valence-corrected chi connectivity index (χ0v) is 14.1. The first-order valence-corrected chi connectivity index (χ1v) is 8.29. The Balaban J connectivity index is 1.67. The van der Waals surface area contributed by atoms with Crippen molar-refractivity contribution >= 4 is 0 Å². The van der Waals surface area contributed by atoms with Crippen LogP contribution in [0, 0.1) is 5.41 Å². The third-order valence-corrected chi connectivity index (χ3v) is 4.74. The van der Waals surface area contributed by atoms with E-state index in [2.05, 4.69) is 22.0 Å². The van der Waals surface area contributed by atoms with E-state index in [0.717, 1.165) is 29.5 Å². The van der Waals surface area contributed by atoms with Crippen LogP contribution in [-0.4, -0.2) is 34.5 Å². The second kappa shape index (κ2) is 5.81. The van der Waals surface area contributed by atoms with E-state index < -0.39 is 0 Å². The number of aromatic nitrogens is 7. The van der Waals surface area contributed by atoms with Gasteiger partial charge in [0.2, 0.25) is 0 Å². The Hall–Kier alpha value is -2.57. The molecule has 0 atom stereocenters. The largest absolute Gasteiger partial charge is 0.276 e. The van der Waals surface area contributed by atoms with E-state index in [4.69, 9.17) is 10.1 Å². The van der Waals surface area contributed by atoms with Crippen molar-refractivity contribution in [2.45, 2.75) is 39.2 Å². The summed E-state index contributed by atoms with van der Waals surface area (Å²) < 4.78 is 3.82. The highest BCUT2D eigenvalue weighted by molar-refractivity contribution is 5.48. The topological polar surface area (TPSA) is 74.3 Å². The van der Waals surface area contributed by atoms with Gasteiger partial charge in [-0.2, -0.15) is 10.2 Å². The molecule has 0 bridgehead atoms. The molecule has 1 fully saturated rings. The molecule has 0 spiro atoms. The summed E-state index contributed by atoms with van der Waals surface area (Å²) in [6.07, 6.45) is 11.6. The maximum atomic E-state index is 4.77. The molecule has 3 aromatic rings. The van der Waals surface area contributed by atoms with Crippen molar-refractivity contribution in [3.05, 3.63) is 42.4 Å². The highest BCUT2D eigenvalue weighted by atomic mass is 15.4. The van der Waals surface area contributed by atoms with Gasteiger partial charge in [0.15, 0.2) is 11.6 Å². The average Bonchev–Trinajstić information content (AvgIpc) is 3.13. The fourth-order valence-corrected chi connectivity index (χ4v) is 3.23. The third-order valence-electron chi connectivity index (χ3n) is 4.74. The van der Waals surface area contributed by atoms with E-state index in [9.17, 15) is 0 Å². The molecule has 1 saturated carbocycles. The normalized spacial score (nSPS) is 16.1. The van der Waals surface area contributed by atoms with Crippen molar-refractivity contribution in [1.29, 1.82) is 0 Å². The zero-order chi connectivity index (χ0) is 16.6. The van der Waals surface area contributed by atoms with Gasteiger partial charge in [-0.05, 0) is 29.9 Å². The molecular weight excluding hydrogens is 302 g/mol. The Kier molecular flexibility index (Phi) is 3.63. The van der Waals surface area contributed by atoms with Crippen LogP contribution < -0.4 is 0 Å². The SMILES string of the molecule is Cn1cc(Cc2nc(-c3ccncn3)n(CC3(C)CCC3)n2)cn1. The van der Waals surface area contributed by atoms with Crippen LogP contribution in [0.3, 0.4) is 0 Å². The first kappa shape index (κ1) is 15.0. The maximum Gasteiger partial charge on any atom is 0.177 e. The first-order chi connectivity index (χ1) is 11.6. The van der Waals surface area contributed by atoms with Crippen molar-refractivity contribution < 1.29 is 0 Å². The third kappa shape index (κ3) is 2.93. The van der Waals surface area contributed by atoms with Gasteiger partial charge in [-0.1, -0.05) is 13.3 Å². The van der Waals surface area contributed by atoms with Crippen molar-refractivity contribution in [2.24, 2.45) is 12.5 Å². The first-order valence-electron chi connectivity index (χ1n) is 8.29. The number of hydrogen-bond donors (Lipinski definition) is 0. The average molecular weight is 323 g/mol. The summed E-state index contributed by atoms with van der Waals surface area (Å²) in [6.45, 7) is 3.20. The molecule has 7 heteroatoms. The van der Waals surface area contributed by atoms with Gasteiger partial charge in [-0.15, -0.1) is 0 Å². The molecule has 0 amide bonds. The van der Waals surface area contributed by atoms with Crippen molar-refractivity contribution in [2.75, 3.05) is 0 Å². The number of rotatable bonds is 5. The molecule has 3 heterocycles. The smallest absolute Gasteiger partial charge is 0.177 e. The van der Waals surface area contributed by atoms with Crippen LogP contribution in [0.5, 0.6) is 0 Å². The number of hydrogen-bond acceptors (Lipinski definition) is 5. The Bertz CT molecular complexity index is 830. The van der Waals surface area contributed by atoms with E-state index >= 15 is 0 Å². The van der Waals surface area contributed by atoms with Crippen LogP contribution >= 0.6 is 0 Å². The van der Waals surface area contributed by atoms with Gasteiger partial charge in [-0.25, -0.2) is 19.6 Å². The summed E-state index contributed by atoms with van der Waals surface area (Å²) in [5.41, 5.74) is 2.25. The molecule has 24 heavy (non-hydrogen) atoms. The lowest BCUT2D eigenvalue weighted by molar-refractivity contribution is 0.126. The lowest BCUT2D eigenvalue weighted by Crippen LogP contribution is -2.31. The Morgan fingerprint density at radius 1 is 1.29 bits per heavy atom. The number of aryl methyl sites for hydroxylation is 1.